The summed E-state index contributed by atoms with van der Waals surface area (Å²) in [7, 11) is 0. The van der Waals surface area contributed by atoms with E-state index in [1.54, 1.807) is 12.1 Å². The highest BCUT2D eigenvalue weighted by Gasteiger charge is 2.45. The van der Waals surface area contributed by atoms with Crippen molar-refractivity contribution in [3.05, 3.63) is 29.3 Å². The van der Waals surface area contributed by atoms with Crippen LogP contribution >= 0.6 is 0 Å². The largest absolute Gasteiger partial charge is 0.463 e. The van der Waals surface area contributed by atoms with E-state index in [1.807, 2.05) is 0 Å². The molecule has 0 aromatic heterocycles. The molecule has 2 aliphatic heterocycles. The summed E-state index contributed by atoms with van der Waals surface area (Å²) in [5, 5.41) is 4.89. The summed E-state index contributed by atoms with van der Waals surface area (Å²) in [4.78, 5) is 74.9. The smallest absolute Gasteiger partial charge is 0.305 e. The minimum atomic E-state index is -1.07. The maximum absolute atomic E-state index is 13.1. The molecule has 2 heterocycles. The second-order valence-electron chi connectivity index (χ2n) is 10.6. The van der Waals surface area contributed by atoms with Gasteiger partial charge in [-0.25, -0.2) is 0 Å². The fraction of sp³-hybridized carbons (Fsp3) is 0.613. The van der Waals surface area contributed by atoms with Gasteiger partial charge in [0.25, 0.3) is 11.8 Å². The predicted molar refractivity (Wildman–Crippen MR) is 156 cm³/mol. The number of carbonyl (C=O) groups is 6. The van der Waals surface area contributed by atoms with Gasteiger partial charge in [0, 0.05) is 25.9 Å². The van der Waals surface area contributed by atoms with E-state index >= 15 is 0 Å². The van der Waals surface area contributed by atoms with Crippen molar-refractivity contribution in [1.82, 2.24) is 10.2 Å². The Bertz CT molecular complexity index is 1150. The number of rotatable bonds is 20. The van der Waals surface area contributed by atoms with E-state index in [2.05, 4.69) is 17.6 Å². The van der Waals surface area contributed by atoms with E-state index < -0.39 is 29.7 Å². The number of nitrogens with zero attached hydrogens (tertiary/aromatic N) is 1. The number of fused-ring (bicyclic) bond motifs is 1. The molecule has 236 valence electrons. The Hall–Kier alpha value is -3.64. The van der Waals surface area contributed by atoms with Crippen LogP contribution < -0.4 is 10.6 Å². The predicted octanol–water partition coefficient (Wildman–Crippen LogP) is 3.52. The minimum absolute atomic E-state index is 0.0320. The van der Waals surface area contributed by atoms with Crippen LogP contribution in [0.15, 0.2) is 18.2 Å². The molecule has 12 nitrogen and oxygen atoms in total. The van der Waals surface area contributed by atoms with Crippen LogP contribution in [0.2, 0.25) is 0 Å². The summed E-state index contributed by atoms with van der Waals surface area (Å²) in [5.41, 5.74) is 0.385. The average molecular weight is 602 g/mol. The molecule has 0 radical (unpaired) electrons. The minimum Gasteiger partial charge on any atom is -0.463 e. The normalized spacial score (nSPS) is 16.3. The molecule has 1 atom stereocenters. The molecule has 5 amide bonds. The summed E-state index contributed by atoms with van der Waals surface area (Å²) in [6.07, 6.45) is 8.35. The molecule has 1 fully saturated rings. The molecule has 1 unspecified atom stereocenters. The SMILES string of the molecule is CCCCCCCC(=O)OCCOCCOCCCCCC(=O)Nc1cccc2c1C(=O)N(C1CCC(=O)NC1=O)C2=O. The zero-order chi connectivity index (χ0) is 31.0. The maximum Gasteiger partial charge on any atom is 0.305 e. The molecule has 0 saturated carbocycles. The van der Waals surface area contributed by atoms with Gasteiger partial charge in [0.05, 0.1) is 36.6 Å². The Morgan fingerprint density at radius 3 is 2.33 bits per heavy atom. The molecule has 1 saturated heterocycles. The number of amides is 5. The van der Waals surface area contributed by atoms with Gasteiger partial charge in [-0.15, -0.1) is 0 Å². The van der Waals surface area contributed by atoms with Gasteiger partial charge in [0.15, 0.2) is 0 Å². The summed E-state index contributed by atoms with van der Waals surface area (Å²) in [5.74, 6) is -2.89. The van der Waals surface area contributed by atoms with Crippen LogP contribution in [-0.2, 0) is 33.4 Å². The first-order chi connectivity index (χ1) is 20.8. The van der Waals surface area contributed by atoms with Crippen molar-refractivity contribution < 1.29 is 43.0 Å². The lowest BCUT2D eigenvalue weighted by Crippen LogP contribution is -2.54. The number of benzene rings is 1. The summed E-state index contributed by atoms with van der Waals surface area (Å²) in [6.45, 7) is 4.08. The van der Waals surface area contributed by atoms with Crippen molar-refractivity contribution in [3.8, 4) is 0 Å². The molecule has 12 heteroatoms. The molecule has 2 aliphatic rings. The number of hydrogen-bond donors (Lipinski definition) is 2. The number of imide groups is 2. The highest BCUT2D eigenvalue weighted by Crippen LogP contribution is 2.32. The van der Waals surface area contributed by atoms with Crippen LogP contribution in [0.3, 0.4) is 0 Å². The molecule has 0 spiro atoms. The Morgan fingerprint density at radius 2 is 1.56 bits per heavy atom. The van der Waals surface area contributed by atoms with Crippen LogP contribution in [0.25, 0.3) is 0 Å². The third-order valence-corrected chi connectivity index (χ3v) is 7.28. The number of unbranched alkanes of at least 4 members (excludes halogenated alkanes) is 6. The first-order valence-electron chi connectivity index (χ1n) is 15.3. The molecule has 1 aromatic rings. The summed E-state index contributed by atoms with van der Waals surface area (Å²) >= 11 is 0. The van der Waals surface area contributed by atoms with Crippen LogP contribution in [0.1, 0.15) is 105 Å². The van der Waals surface area contributed by atoms with Crippen LogP contribution in [0.4, 0.5) is 5.69 Å². The van der Waals surface area contributed by atoms with E-state index in [0.717, 1.165) is 37.0 Å². The zero-order valence-electron chi connectivity index (χ0n) is 25.0. The number of carbonyl (C=O) groups excluding carboxylic acids is 6. The lowest BCUT2D eigenvalue weighted by molar-refractivity contribution is -0.145. The number of piperidine rings is 1. The highest BCUT2D eigenvalue weighted by molar-refractivity contribution is 6.26. The molecule has 3 rings (SSSR count). The molecule has 1 aromatic carbocycles. The molecular weight excluding hydrogens is 558 g/mol. The lowest BCUT2D eigenvalue weighted by atomic mass is 10.0. The number of anilines is 1. The number of hydrogen-bond acceptors (Lipinski definition) is 9. The van der Waals surface area contributed by atoms with Crippen molar-refractivity contribution in [2.24, 2.45) is 0 Å². The maximum atomic E-state index is 13.1. The highest BCUT2D eigenvalue weighted by atomic mass is 16.6. The van der Waals surface area contributed by atoms with Crippen molar-refractivity contribution in [2.45, 2.75) is 90.0 Å². The fourth-order valence-corrected chi connectivity index (χ4v) is 4.98. The fourth-order valence-electron chi connectivity index (χ4n) is 4.98. The quantitative estimate of drug-likeness (QED) is 0.130. The van der Waals surface area contributed by atoms with Gasteiger partial charge in [-0.1, -0.05) is 45.1 Å². The third-order valence-electron chi connectivity index (χ3n) is 7.28. The van der Waals surface area contributed by atoms with Gasteiger partial charge in [-0.05, 0) is 37.8 Å². The molecule has 0 bridgehead atoms. The number of esters is 1. The number of ether oxygens (including phenoxy) is 3. The van der Waals surface area contributed by atoms with Crippen molar-refractivity contribution in [1.29, 1.82) is 0 Å². The average Bonchev–Trinajstić information content (AvgIpc) is 3.23. The van der Waals surface area contributed by atoms with Gasteiger partial charge in [0.1, 0.15) is 12.6 Å². The van der Waals surface area contributed by atoms with Gasteiger partial charge in [-0.2, -0.15) is 0 Å². The Balaban J connectivity index is 1.24. The van der Waals surface area contributed by atoms with Crippen molar-refractivity contribution in [3.63, 3.8) is 0 Å². The lowest BCUT2D eigenvalue weighted by Gasteiger charge is -2.27. The van der Waals surface area contributed by atoms with Crippen LogP contribution in [0, 0.1) is 0 Å². The third kappa shape index (κ3) is 10.5. The van der Waals surface area contributed by atoms with E-state index in [1.165, 1.54) is 18.9 Å². The second kappa shape index (κ2) is 18.1. The monoisotopic (exact) mass is 601 g/mol. The van der Waals surface area contributed by atoms with E-state index in [-0.39, 0.29) is 54.6 Å². The van der Waals surface area contributed by atoms with Crippen LogP contribution in [-0.4, -0.2) is 79.5 Å². The van der Waals surface area contributed by atoms with Gasteiger partial charge in [0.2, 0.25) is 17.7 Å². The summed E-state index contributed by atoms with van der Waals surface area (Å²) < 4.78 is 16.1. The van der Waals surface area contributed by atoms with E-state index in [4.69, 9.17) is 14.2 Å². The Labute approximate surface area is 252 Å². The van der Waals surface area contributed by atoms with Gasteiger partial charge < -0.3 is 19.5 Å². The topological polar surface area (TPSA) is 157 Å². The first-order valence-corrected chi connectivity index (χ1v) is 15.3. The standard InChI is InChI=1S/C31H43N3O9/c1-2-3-4-5-8-14-27(37)43-21-20-42-19-18-41-17-9-6-7-13-25(35)32-23-12-10-11-22-28(23)31(40)34(30(22)39)24-15-16-26(36)33-29(24)38/h10-12,24H,2-9,13-21H2,1H3,(H,32,35)(H,33,36,38). The van der Waals surface area contributed by atoms with Crippen molar-refractivity contribution in [2.75, 3.05) is 38.4 Å². The Kier molecular flexibility index (Phi) is 14.3. The van der Waals surface area contributed by atoms with E-state index in [9.17, 15) is 28.8 Å². The first kappa shape index (κ1) is 33.9. The number of nitrogens with one attached hydrogen (secondary N) is 2. The van der Waals surface area contributed by atoms with Gasteiger partial charge >= 0.3 is 5.97 Å². The molecule has 43 heavy (non-hydrogen) atoms. The molecular formula is C31H43N3O9. The zero-order valence-corrected chi connectivity index (χ0v) is 25.0. The van der Waals surface area contributed by atoms with Gasteiger partial charge in [-0.3, -0.25) is 39.0 Å². The van der Waals surface area contributed by atoms with Crippen molar-refractivity contribution >= 4 is 41.2 Å². The van der Waals surface area contributed by atoms with E-state index in [0.29, 0.717) is 39.3 Å². The van der Waals surface area contributed by atoms with Crippen LogP contribution in [0.5, 0.6) is 0 Å². The second-order valence-corrected chi connectivity index (χ2v) is 10.6. The Morgan fingerprint density at radius 1 is 0.860 bits per heavy atom. The summed E-state index contributed by atoms with van der Waals surface area (Å²) in [6, 6.07) is 3.53. The molecule has 0 aliphatic carbocycles. The molecule has 2 N–H and O–H groups in total.